The van der Waals surface area contributed by atoms with Crippen molar-refractivity contribution in [2.75, 3.05) is 0 Å². The van der Waals surface area contributed by atoms with Crippen LogP contribution in [0, 0.1) is 0 Å². The van der Waals surface area contributed by atoms with Crippen molar-refractivity contribution in [3.8, 4) is 0 Å². The zero-order chi connectivity index (χ0) is 21.8. The van der Waals surface area contributed by atoms with E-state index in [4.69, 9.17) is 5.11 Å². The number of carboxylic acid groups (broad SMARTS) is 1. The molecule has 0 aliphatic rings. The van der Waals surface area contributed by atoms with Crippen molar-refractivity contribution in [2.45, 2.75) is 13.0 Å². The quantitative estimate of drug-likeness (QED) is 0.370. The third kappa shape index (κ3) is 5.19. The van der Waals surface area contributed by atoms with E-state index in [1.807, 2.05) is 60.7 Å². The third-order valence-electron chi connectivity index (χ3n) is 5.14. The molecule has 0 radical (unpaired) electrons. The lowest BCUT2D eigenvalue weighted by atomic mass is 9.99. The number of carbonyl (C=O) groups is 2. The van der Waals surface area contributed by atoms with Crippen molar-refractivity contribution in [2.24, 2.45) is 0 Å². The minimum absolute atomic E-state index is 0.112. The smallest absolute Gasteiger partial charge is 0.335 e. The number of rotatable bonds is 6. The summed E-state index contributed by atoms with van der Waals surface area (Å²) in [6.07, 6.45) is 0.690. The topological polar surface area (TPSA) is 66.4 Å². The SMILES string of the molecule is O=C(O)c1ccc(Cc2ccc3ccc(C(=O)NCc4ccc(Br)cc4)cc3c2)cc1. The first-order valence-electron chi connectivity index (χ1n) is 9.85. The maximum absolute atomic E-state index is 12.6. The number of halogens is 1. The maximum Gasteiger partial charge on any atom is 0.335 e. The molecule has 1 amide bonds. The Bertz CT molecular complexity index is 1250. The molecule has 154 valence electrons. The fraction of sp³-hybridized carbons (Fsp3) is 0.0769. The third-order valence-corrected chi connectivity index (χ3v) is 5.67. The van der Waals surface area contributed by atoms with Gasteiger partial charge in [-0.3, -0.25) is 4.79 Å². The summed E-state index contributed by atoms with van der Waals surface area (Å²) < 4.78 is 1.01. The Labute approximate surface area is 188 Å². The van der Waals surface area contributed by atoms with Gasteiger partial charge in [-0.2, -0.15) is 0 Å². The van der Waals surface area contributed by atoms with E-state index in [0.717, 1.165) is 31.9 Å². The number of fused-ring (bicyclic) bond motifs is 1. The van der Waals surface area contributed by atoms with Crippen LogP contribution in [0.3, 0.4) is 0 Å². The molecule has 0 aliphatic heterocycles. The number of aromatic carboxylic acids is 1. The van der Waals surface area contributed by atoms with Crippen molar-refractivity contribution in [1.82, 2.24) is 5.32 Å². The Morgan fingerprint density at radius 2 is 1.32 bits per heavy atom. The van der Waals surface area contributed by atoms with Gasteiger partial charge in [-0.15, -0.1) is 0 Å². The molecule has 0 aliphatic carbocycles. The predicted octanol–water partition coefficient (Wildman–Crippen LogP) is 5.82. The van der Waals surface area contributed by atoms with Crippen molar-refractivity contribution < 1.29 is 14.7 Å². The van der Waals surface area contributed by atoms with Gasteiger partial charge in [0.15, 0.2) is 0 Å². The standard InChI is InChI=1S/C26H20BrNO3/c27-24-11-4-18(5-12-24)16-28-25(29)22-10-9-20-6-3-19(14-23(20)15-22)13-17-1-7-21(8-2-17)26(30)31/h1-12,14-15H,13,16H2,(H,28,29)(H,30,31). The number of nitrogens with one attached hydrogen (secondary N) is 1. The van der Waals surface area contributed by atoms with Crippen molar-refractivity contribution in [3.63, 3.8) is 0 Å². The average Bonchev–Trinajstić information content (AvgIpc) is 2.78. The van der Waals surface area contributed by atoms with Gasteiger partial charge in [-0.25, -0.2) is 4.79 Å². The fourth-order valence-electron chi connectivity index (χ4n) is 3.43. The van der Waals surface area contributed by atoms with Crippen LogP contribution in [0.4, 0.5) is 0 Å². The Balaban J connectivity index is 1.49. The molecule has 0 saturated carbocycles. The van der Waals surface area contributed by atoms with Gasteiger partial charge in [0.25, 0.3) is 5.91 Å². The first-order chi connectivity index (χ1) is 15.0. The van der Waals surface area contributed by atoms with E-state index in [9.17, 15) is 9.59 Å². The van der Waals surface area contributed by atoms with Crippen LogP contribution in [0.1, 0.15) is 37.4 Å². The second kappa shape index (κ2) is 9.14. The maximum atomic E-state index is 12.6. The average molecular weight is 474 g/mol. The molecule has 0 spiro atoms. The first-order valence-corrected chi connectivity index (χ1v) is 10.6. The van der Waals surface area contributed by atoms with E-state index in [1.165, 1.54) is 0 Å². The molecule has 4 nitrogen and oxygen atoms in total. The number of carbonyl (C=O) groups excluding carboxylic acids is 1. The molecule has 5 heteroatoms. The summed E-state index contributed by atoms with van der Waals surface area (Å²) in [5.74, 6) is -1.04. The van der Waals surface area contributed by atoms with Gasteiger partial charge >= 0.3 is 5.97 Å². The number of amides is 1. The molecule has 2 N–H and O–H groups in total. The zero-order valence-electron chi connectivity index (χ0n) is 16.6. The largest absolute Gasteiger partial charge is 0.478 e. The lowest BCUT2D eigenvalue weighted by Crippen LogP contribution is -2.22. The van der Waals surface area contributed by atoms with Gasteiger partial charge in [-0.05, 0) is 70.3 Å². The lowest BCUT2D eigenvalue weighted by molar-refractivity contribution is 0.0696. The Hall–Kier alpha value is -3.44. The molecule has 0 heterocycles. The zero-order valence-corrected chi connectivity index (χ0v) is 18.2. The van der Waals surface area contributed by atoms with Gasteiger partial charge < -0.3 is 10.4 Å². The minimum atomic E-state index is -0.928. The molecule has 0 fully saturated rings. The number of hydrogen-bond donors (Lipinski definition) is 2. The van der Waals surface area contributed by atoms with Crippen LogP contribution in [0.25, 0.3) is 10.8 Å². The van der Waals surface area contributed by atoms with Crippen molar-refractivity contribution >= 4 is 38.6 Å². The highest BCUT2D eigenvalue weighted by Gasteiger charge is 2.08. The molecule has 0 unspecified atom stereocenters. The van der Waals surface area contributed by atoms with E-state index >= 15 is 0 Å². The van der Waals surface area contributed by atoms with Gasteiger partial charge in [-0.1, -0.05) is 64.5 Å². The molecule has 0 aromatic heterocycles. The summed E-state index contributed by atoms with van der Waals surface area (Å²) in [5, 5.41) is 14.1. The normalized spacial score (nSPS) is 10.7. The molecular formula is C26H20BrNO3. The molecule has 0 atom stereocenters. The summed E-state index contributed by atoms with van der Waals surface area (Å²) in [6, 6.07) is 26.6. The summed E-state index contributed by atoms with van der Waals surface area (Å²) in [7, 11) is 0. The van der Waals surface area contributed by atoms with Crippen LogP contribution in [-0.4, -0.2) is 17.0 Å². The molecule has 4 rings (SSSR count). The van der Waals surface area contributed by atoms with E-state index in [2.05, 4.69) is 33.4 Å². The van der Waals surface area contributed by atoms with E-state index in [1.54, 1.807) is 12.1 Å². The van der Waals surface area contributed by atoms with Crippen LogP contribution in [-0.2, 0) is 13.0 Å². The summed E-state index contributed by atoms with van der Waals surface area (Å²) in [6.45, 7) is 0.469. The number of hydrogen-bond acceptors (Lipinski definition) is 2. The first kappa shape index (κ1) is 20.8. The monoisotopic (exact) mass is 473 g/mol. The van der Waals surface area contributed by atoms with Crippen LogP contribution in [0.15, 0.2) is 89.4 Å². The minimum Gasteiger partial charge on any atom is -0.478 e. The second-order valence-corrected chi connectivity index (χ2v) is 8.30. The molecule has 0 saturated heterocycles. The summed E-state index contributed by atoms with van der Waals surface area (Å²) in [5.41, 5.74) is 4.07. The Morgan fingerprint density at radius 1 is 0.710 bits per heavy atom. The van der Waals surface area contributed by atoms with Gasteiger partial charge in [0, 0.05) is 16.6 Å². The number of carboxylic acids is 1. The molecule has 4 aromatic carbocycles. The van der Waals surface area contributed by atoms with Gasteiger partial charge in [0.2, 0.25) is 0 Å². The van der Waals surface area contributed by atoms with Crippen molar-refractivity contribution in [3.05, 3.63) is 117 Å². The van der Waals surface area contributed by atoms with Crippen LogP contribution in [0.2, 0.25) is 0 Å². The van der Waals surface area contributed by atoms with Gasteiger partial charge in [0.1, 0.15) is 0 Å². The van der Waals surface area contributed by atoms with Crippen LogP contribution in [0.5, 0.6) is 0 Å². The molecule has 0 bridgehead atoms. The number of benzene rings is 4. The van der Waals surface area contributed by atoms with Crippen LogP contribution >= 0.6 is 15.9 Å². The predicted molar refractivity (Wildman–Crippen MR) is 125 cm³/mol. The van der Waals surface area contributed by atoms with Crippen LogP contribution < -0.4 is 5.32 Å². The van der Waals surface area contributed by atoms with E-state index < -0.39 is 5.97 Å². The molecule has 4 aromatic rings. The van der Waals surface area contributed by atoms with E-state index in [0.29, 0.717) is 18.5 Å². The highest BCUT2D eigenvalue weighted by molar-refractivity contribution is 9.10. The summed E-state index contributed by atoms with van der Waals surface area (Å²) >= 11 is 3.41. The fourth-order valence-corrected chi connectivity index (χ4v) is 3.70. The second-order valence-electron chi connectivity index (χ2n) is 7.38. The lowest BCUT2D eigenvalue weighted by Gasteiger charge is -2.08. The molecular weight excluding hydrogens is 454 g/mol. The highest BCUT2D eigenvalue weighted by atomic mass is 79.9. The Morgan fingerprint density at radius 3 is 2.03 bits per heavy atom. The van der Waals surface area contributed by atoms with E-state index in [-0.39, 0.29) is 11.5 Å². The molecule has 31 heavy (non-hydrogen) atoms. The highest BCUT2D eigenvalue weighted by Crippen LogP contribution is 2.20. The Kier molecular flexibility index (Phi) is 6.14. The van der Waals surface area contributed by atoms with Gasteiger partial charge in [0.05, 0.1) is 5.56 Å². The van der Waals surface area contributed by atoms with Crippen molar-refractivity contribution in [1.29, 1.82) is 0 Å². The summed E-state index contributed by atoms with van der Waals surface area (Å²) in [4.78, 5) is 23.6.